The van der Waals surface area contributed by atoms with Gasteiger partial charge in [-0.25, -0.2) is 8.78 Å². The van der Waals surface area contributed by atoms with E-state index >= 15 is 0 Å². The number of benzene rings is 1. The number of hydrogen-bond acceptors (Lipinski definition) is 4. The van der Waals surface area contributed by atoms with Gasteiger partial charge in [-0.05, 0) is 11.5 Å². The van der Waals surface area contributed by atoms with Gasteiger partial charge in [0.05, 0.1) is 5.69 Å². The van der Waals surface area contributed by atoms with Crippen molar-refractivity contribution in [3.8, 4) is 0 Å². The second kappa shape index (κ2) is 4.36. The minimum Gasteiger partial charge on any atom is -0.423 e. The Labute approximate surface area is 79.5 Å². The van der Waals surface area contributed by atoms with Crippen LogP contribution in [0.5, 0.6) is 0 Å². The molecule has 4 nitrogen and oxygen atoms in total. The molecule has 5 N–H and O–H groups in total. The molecule has 7 heteroatoms. The summed E-state index contributed by atoms with van der Waals surface area (Å²) in [5.74, 6) is 5.01. The third-order valence-corrected chi connectivity index (χ3v) is 1.79. The molecule has 0 fully saturated rings. The average Bonchev–Trinajstić information content (AvgIpc) is 2.16. The standard InChI is InChI=1S/C7H9BF2N2O2/c9-7(10)6-4(8(13)14)2-1-3-5(6)12-11/h1-3,7,12-14H,11H2. The van der Waals surface area contributed by atoms with Crippen molar-refractivity contribution < 1.29 is 18.8 Å². The summed E-state index contributed by atoms with van der Waals surface area (Å²) in [6.07, 6.45) is -2.82. The monoisotopic (exact) mass is 202 g/mol. The summed E-state index contributed by atoms with van der Waals surface area (Å²) in [5, 5.41) is 17.7. The predicted molar refractivity (Wildman–Crippen MR) is 49.0 cm³/mol. The minimum atomic E-state index is -2.82. The third-order valence-electron chi connectivity index (χ3n) is 1.79. The zero-order valence-corrected chi connectivity index (χ0v) is 7.11. The van der Waals surface area contributed by atoms with E-state index in [-0.39, 0.29) is 11.2 Å². The molecule has 0 aromatic heterocycles. The highest BCUT2D eigenvalue weighted by atomic mass is 19.3. The summed E-state index contributed by atoms with van der Waals surface area (Å²) < 4.78 is 25.0. The molecule has 0 unspecified atom stereocenters. The third kappa shape index (κ3) is 2.01. The fraction of sp³-hybridized carbons (Fsp3) is 0.143. The molecule has 1 aromatic rings. The first kappa shape index (κ1) is 10.9. The van der Waals surface area contributed by atoms with E-state index in [1.165, 1.54) is 18.2 Å². The summed E-state index contributed by atoms with van der Waals surface area (Å²) in [7, 11) is -1.94. The Morgan fingerprint density at radius 2 is 2.00 bits per heavy atom. The van der Waals surface area contributed by atoms with E-state index in [0.717, 1.165) is 0 Å². The lowest BCUT2D eigenvalue weighted by Crippen LogP contribution is -2.34. The molecule has 14 heavy (non-hydrogen) atoms. The van der Waals surface area contributed by atoms with E-state index < -0.39 is 19.1 Å². The van der Waals surface area contributed by atoms with Crippen molar-refractivity contribution in [3.63, 3.8) is 0 Å². The number of hydrogen-bond donors (Lipinski definition) is 4. The highest BCUT2D eigenvalue weighted by Crippen LogP contribution is 2.24. The van der Waals surface area contributed by atoms with Crippen molar-refractivity contribution in [3.05, 3.63) is 23.8 Å². The average molecular weight is 202 g/mol. The highest BCUT2D eigenvalue weighted by molar-refractivity contribution is 6.59. The van der Waals surface area contributed by atoms with Crippen LogP contribution in [0.4, 0.5) is 14.5 Å². The van der Waals surface area contributed by atoms with Crippen LogP contribution in [0.3, 0.4) is 0 Å². The van der Waals surface area contributed by atoms with Crippen LogP contribution in [-0.4, -0.2) is 17.2 Å². The van der Waals surface area contributed by atoms with Gasteiger partial charge < -0.3 is 15.5 Å². The van der Waals surface area contributed by atoms with Gasteiger partial charge in [-0.3, -0.25) is 5.84 Å². The molecule has 1 aromatic carbocycles. The van der Waals surface area contributed by atoms with Crippen molar-refractivity contribution in [2.75, 3.05) is 5.43 Å². The van der Waals surface area contributed by atoms with Crippen LogP contribution in [0.2, 0.25) is 0 Å². The van der Waals surface area contributed by atoms with E-state index in [9.17, 15) is 8.78 Å². The number of rotatable bonds is 3. The number of nitrogens with one attached hydrogen (secondary N) is 1. The maximum Gasteiger partial charge on any atom is 0.488 e. The summed E-state index contributed by atoms with van der Waals surface area (Å²) in [6, 6.07) is 3.93. The Hall–Kier alpha value is -1.18. The number of alkyl halides is 2. The molecule has 0 amide bonds. The molecule has 0 saturated heterocycles. The van der Waals surface area contributed by atoms with Gasteiger partial charge in [-0.2, -0.15) is 0 Å². The summed E-state index contributed by atoms with van der Waals surface area (Å²) in [4.78, 5) is 0. The number of halogens is 2. The van der Waals surface area contributed by atoms with Crippen molar-refractivity contribution in [1.82, 2.24) is 0 Å². The fourth-order valence-electron chi connectivity index (χ4n) is 1.18. The van der Waals surface area contributed by atoms with E-state index in [1.807, 2.05) is 0 Å². The molecule has 0 radical (unpaired) electrons. The first-order chi connectivity index (χ1) is 6.57. The van der Waals surface area contributed by atoms with Crippen molar-refractivity contribution in [2.45, 2.75) is 6.43 Å². The van der Waals surface area contributed by atoms with Crippen molar-refractivity contribution >= 4 is 18.3 Å². The molecule has 0 aliphatic rings. The highest BCUT2D eigenvalue weighted by Gasteiger charge is 2.24. The van der Waals surface area contributed by atoms with Gasteiger partial charge in [0, 0.05) is 5.56 Å². The van der Waals surface area contributed by atoms with Crippen LogP contribution in [0.1, 0.15) is 12.0 Å². The van der Waals surface area contributed by atoms with Crippen LogP contribution in [-0.2, 0) is 0 Å². The first-order valence-corrected chi connectivity index (χ1v) is 3.81. The van der Waals surface area contributed by atoms with Gasteiger partial charge in [0.25, 0.3) is 6.43 Å². The largest absolute Gasteiger partial charge is 0.488 e. The summed E-state index contributed by atoms with van der Waals surface area (Å²) in [6.45, 7) is 0. The van der Waals surface area contributed by atoms with Gasteiger partial charge in [0.1, 0.15) is 0 Å². The minimum absolute atomic E-state index is 0.0226. The fourth-order valence-corrected chi connectivity index (χ4v) is 1.18. The Balaban J connectivity index is 3.28. The van der Waals surface area contributed by atoms with Crippen molar-refractivity contribution in [1.29, 1.82) is 0 Å². The Kier molecular flexibility index (Phi) is 3.40. The van der Waals surface area contributed by atoms with Gasteiger partial charge in [0.15, 0.2) is 0 Å². The molecule has 0 bridgehead atoms. The quantitative estimate of drug-likeness (QED) is 0.305. The zero-order valence-electron chi connectivity index (χ0n) is 7.11. The van der Waals surface area contributed by atoms with E-state index in [0.29, 0.717) is 0 Å². The molecule has 1 rings (SSSR count). The van der Waals surface area contributed by atoms with Gasteiger partial charge in [-0.1, -0.05) is 12.1 Å². The molecular weight excluding hydrogens is 193 g/mol. The Bertz CT molecular complexity index is 323. The van der Waals surface area contributed by atoms with Gasteiger partial charge >= 0.3 is 7.12 Å². The molecular formula is C7H9BF2N2O2. The van der Waals surface area contributed by atoms with Crippen molar-refractivity contribution in [2.24, 2.45) is 5.84 Å². The topological polar surface area (TPSA) is 78.5 Å². The van der Waals surface area contributed by atoms with E-state index in [2.05, 4.69) is 5.43 Å². The normalized spacial score (nSPS) is 10.4. The van der Waals surface area contributed by atoms with Crippen LogP contribution in [0, 0.1) is 0 Å². The molecule has 0 aliphatic heterocycles. The molecule has 0 heterocycles. The van der Waals surface area contributed by atoms with Crippen LogP contribution >= 0.6 is 0 Å². The Morgan fingerprint density at radius 3 is 2.43 bits per heavy atom. The van der Waals surface area contributed by atoms with Crippen LogP contribution in [0.25, 0.3) is 0 Å². The van der Waals surface area contributed by atoms with Gasteiger partial charge in [-0.15, -0.1) is 0 Å². The van der Waals surface area contributed by atoms with Crippen LogP contribution in [0.15, 0.2) is 18.2 Å². The SMILES string of the molecule is NNc1cccc(B(O)O)c1C(F)F. The molecule has 0 atom stereocenters. The van der Waals surface area contributed by atoms with Crippen LogP contribution < -0.4 is 16.7 Å². The zero-order chi connectivity index (χ0) is 10.7. The molecule has 0 spiro atoms. The smallest absolute Gasteiger partial charge is 0.423 e. The lowest BCUT2D eigenvalue weighted by Gasteiger charge is -2.12. The number of nitrogen functional groups attached to an aromatic ring is 1. The van der Waals surface area contributed by atoms with Gasteiger partial charge in [0.2, 0.25) is 0 Å². The maximum absolute atomic E-state index is 12.5. The predicted octanol–water partition coefficient (Wildman–Crippen LogP) is -0.410. The molecule has 0 saturated carbocycles. The lowest BCUT2D eigenvalue weighted by atomic mass is 9.76. The van der Waals surface area contributed by atoms with E-state index in [4.69, 9.17) is 15.9 Å². The first-order valence-electron chi connectivity index (χ1n) is 3.81. The summed E-state index contributed by atoms with van der Waals surface area (Å²) >= 11 is 0. The molecule has 76 valence electrons. The second-order valence-electron chi connectivity index (χ2n) is 2.63. The lowest BCUT2D eigenvalue weighted by molar-refractivity contribution is 0.153. The van der Waals surface area contributed by atoms with E-state index in [1.54, 1.807) is 0 Å². The Morgan fingerprint density at radius 1 is 1.36 bits per heavy atom. The molecule has 0 aliphatic carbocycles. The number of hydrazine groups is 1. The number of anilines is 1. The second-order valence-corrected chi connectivity index (χ2v) is 2.63. The number of nitrogens with two attached hydrogens (primary N) is 1. The maximum atomic E-state index is 12.5. The summed E-state index contributed by atoms with van der Waals surface area (Å²) in [5.41, 5.74) is 1.30.